The van der Waals surface area contributed by atoms with Crippen LogP contribution in [0.3, 0.4) is 0 Å². The second-order valence-electron chi connectivity index (χ2n) is 18.9. The standard InChI is InChI=1S/C67H61P5/c1-64(67(70,56-40-20-6-21-41-56)57-42-22-7-23-43-57,62(71(58-44-24-8-25-45-58)59-46-26-9-27-47-59)65(68,52-32-12-2-13-33-52)53-34-14-3-15-35-53)63(72(60-48-28-10-29-49-60)61-50-30-11-31-51-61)66(69,54-36-16-4-17-37-54)55-38-18-5-19-39-55/h2-51,62-63H,68-70H2,1H3. The molecule has 0 amide bonds. The van der Waals surface area contributed by atoms with E-state index in [-0.39, 0.29) is 11.3 Å². The van der Waals surface area contributed by atoms with Gasteiger partial charge >= 0.3 is 0 Å². The summed E-state index contributed by atoms with van der Waals surface area (Å²) in [6.45, 7) is 2.73. The third kappa shape index (κ3) is 9.22. The van der Waals surface area contributed by atoms with Crippen LogP contribution in [0.25, 0.3) is 0 Å². The van der Waals surface area contributed by atoms with E-state index in [0.29, 0.717) is 0 Å². The molecule has 5 unspecified atom stereocenters. The summed E-state index contributed by atoms with van der Waals surface area (Å²) in [5.41, 5.74) is 6.34. The summed E-state index contributed by atoms with van der Waals surface area (Å²) in [4.78, 5) is 0. The first-order valence-corrected chi connectivity index (χ1v) is 29.3. The van der Waals surface area contributed by atoms with Gasteiger partial charge in [0.05, 0.1) is 0 Å². The van der Waals surface area contributed by atoms with Crippen molar-refractivity contribution in [2.24, 2.45) is 5.41 Å². The van der Waals surface area contributed by atoms with Crippen molar-refractivity contribution in [1.29, 1.82) is 0 Å². The van der Waals surface area contributed by atoms with Crippen LogP contribution >= 0.6 is 43.6 Å². The fourth-order valence-corrected chi connectivity index (χ4v) is 22.2. The Morgan fingerprint density at radius 3 is 0.611 bits per heavy atom. The maximum absolute atomic E-state index is 3.73. The molecule has 0 spiro atoms. The predicted octanol–water partition coefficient (Wildman–Crippen LogP) is 15.5. The second-order valence-corrected chi connectivity index (χ2v) is 26.2. The highest BCUT2D eigenvalue weighted by molar-refractivity contribution is 7.75. The molecule has 72 heavy (non-hydrogen) atoms. The van der Waals surface area contributed by atoms with Gasteiger partial charge in [-0.05, 0) is 70.4 Å². The van der Waals surface area contributed by atoms with E-state index in [0.717, 1.165) is 0 Å². The van der Waals surface area contributed by atoms with Crippen LogP contribution in [-0.2, 0) is 15.5 Å². The third-order valence-electron chi connectivity index (χ3n) is 15.0. The van der Waals surface area contributed by atoms with Crippen LogP contribution in [0.5, 0.6) is 0 Å². The summed E-state index contributed by atoms with van der Waals surface area (Å²) >= 11 is 0. The first kappa shape index (κ1) is 49.9. The minimum absolute atomic E-state index is 0.188. The Labute approximate surface area is 437 Å². The van der Waals surface area contributed by atoms with Gasteiger partial charge in [0.15, 0.2) is 0 Å². The Morgan fingerprint density at radius 2 is 0.417 bits per heavy atom. The lowest BCUT2D eigenvalue weighted by molar-refractivity contribution is 0.193. The summed E-state index contributed by atoms with van der Waals surface area (Å²) in [7, 11) is 8.52. The largest absolute Gasteiger partial charge is 0.121 e. The van der Waals surface area contributed by atoms with Crippen molar-refractivity contribution in [3.05, 3.63) is 337 Å². The summed E-state index contributed by atoms with van der Waals surface area (Å²) in [5.74, 6) is 0. The zero-order valence-electron chi connectivity index (χ0n) is 40.6. The van der Waals surface area contributed by atoms with E-state index in [4.69, 9.17) is 0 Å². The van der Waals surface area contributed by atoms with Gasteiger partial charge < -0.3 is 0 Å². The number of benzene rings is 10. The molecule has 10 rings (SSSR count). The predicted molar refractivity (Wildman–Crippen MR) is 324 cm³/mol. The molecule has 0 fully saturated rings. The molecule has 0 radical (unpaired) electrons. The van der Waals surface area contributed by atoms with Gasteiger partial charge in [0.25, 0.3) is 0 Å². The van der Waals surface area contributed by atoms with E-state index in [9.17, 15) is 0 Å². The Hall–Kier alpha value is -5.65. The maximum atomic E-state index is 3.73. The van der Waals surface area contributed by atoms with Gasteiger partial charge in [0.2, 0.25) is 0 Å². The van der Waals surface area contributed by atoms with E-state index >= 15 is 0 Å². The van der Waals surface area contributed by atoms with Crippen molar-refractivity contribution in [2.45, 2.75) is 33.7 Å². The third-order valence-corrected chi connectivity index (χ3v) is 25.2. The van der Waals surface area contributed by atoms with Crippen LogP contribution in [0.2, 0.25) is 0 Å². The topological polar surface area (TPSA) is 0 Å². The zero-order valence-corrected chi connectivity index (χ0v) is 45.9. The van der Waals surface area contributed by atoms with Gasteiger partial charge in [-0.25, -0.2) is 0 Å². The molecule has 0 aliphatic rings. The molecule has 0 N–H and O–H groups in total. The van der Waals surface area contributed by atoms with E-state index in [1.54, 1.807) is 0 Å². The molecule has 5 heteroatoms. The van der Waals surface area contributed by atoms with E-state index in [1.807, 2.05) is 0 Å². The van der Waals surface area contributed by atoms with E-state index < -0.39 is 36.7 Å². The summed E-state index contributed by atoms with van der Waals surface area (Å²) < 4.78 is 0. The van der Waals surface area contributed by atoms with Gasteiger partial charge in [0.1, 0.15) is 0 Å². The Balaban J connectivity index is 1.53. The smallest absolute Gasteiger partial charge is 0.0423 e. The Kier molecular flexibility index (Phi) is 15.4. The van der Waals surface area contributed by atoms with Crippen molar-refractivity contribution >= 4 is 64.8 Å². The molecule has 0 nitrogen and oxygen atoms in total. The lowest BCUT2D eigenvalue weighted by Crippen LogP contribution is -2.65. The molecular formula is C67H61P5. The van der Waals surface area contributed by atoms with Gasteiger partial charge in [-0.2, -0.15) is 0 Å². The number of hydrogen-bond donors (Lipinski definition) is 0. The quantitative estimate of drug-likeness (QED) is 0.0798. The molecule has 0 bridgehead atoms. The number of rotatable bonds is 17. The highest BCUT2D eigenvalue weighted by Gasteiger charge is 2.68. The van der Waals surface area contributed by atoms with Crippen molar-refractivity contribution < 1.29 is 0 Å². The lowest BCUT2D eigenvalue weighted by atomic mass is 9.58. The summed E-state index contributed by atoms with van der Waals surface area (Å²) in [6.07, 6.45) is 0. The molecular weight excluding hydrogens is 960 g/mol. The second kappa shape index (κ2) is 22.2. The monoisotopic (exact) mass is 1020 g/mol. The lowest BCUT2D eigenvalue weighted by Gasteiger charge is -2.66. The minimum Gasteiger partial charge on any atom is -0.121 e. The molecule has 10 aromatic rings. The SMILES string of the molecule is CC(C(P(c1ccccc1)c1ccccc1)C(P)(c1ccccc1)c1ccccc1)(C(P(c1ccccc1)c1ccccc1)C(P)(c1ccccc1)c1ccccc1)C(P)(c1ccccc1)c1ccccc1. The zero-order chi connectivity index (χ0) is 49.4. The molecule has 0 aromatic heterocycles. The van der Waals surface area contributed by atoms with Crippen molar-refractivity contribution in [1.82, 2.24) is 0 Å². The van der Waals surface area contributed by atoms with E-state index in [1.165, 1.54) is 54.6 Å². The van der Waals surface area contributed by atoms with E-state index in [2.05, 4.69) is 338 Å². The first-order valence-electron chi connectivity index (χ1n) is 24.8. The highest BCUT2D eigenvalue weighted by Crippen LogP contribution is 2.76. The van der Waals surface area contributed by atoms with Gasteiger partial charge in [0, 0.05) is 32.2 Å². The summed E-state index contributed by atoms with van der Waals surface area (Å²) in [5, 5.41) is 3.11. The van der Waals surface area contributed by atoms with Crippen LogP contribution in [0.15, 0.2) is 303 Å². The van der Waals surface area contributed by atoms with Gasteiger partial charge in [-0.15, -0.1) is 27.7 Å². The minimum atomic E-state index is -1.30. The Bertz CT molecular complexity index is 2850. The van der Waals surface area contributed by atoms with Gasteiger partial charge in [-0.3, -0.25) is 0 Å². The maximum Gasteiger partial charge on any atom is 0.0423 e. The molecule has 10 aromatic carbocycles. The van der Waals surface area contributed by atoms with Crippen LogP contribution < -0.4 is 21.2 Å². The first-order chi connectivity index (χ1) is 35.3. The van der Waals surface area contributed by atoms with Crippen molar-refractivity contribution in [3.63, 3.8) is 0 Å². The normalized spacial score (nSPS) is 13.8. The van der Waals surface area contributed by atoms with Crippen LogP contribution in [0.4, 0.5) is 0 Å². The Morgan fingerprint density at radius 1 is 0.250 bits per heavy atom. The van der Waals surface area contributed by atoms with Crippen LogP contribution in [-0.4, -0.2) is 11.3 Å². The summed E-state index contributed by atoms with van der Waals surface area (Å²) in [6, 6.07) is 115. The fraction of sp³-hybridized carbons (Fsp3) is 0.104. The van der Waals surface area contributed by atoms with Crippen LogP contribution in [0.1, 0.15) is 40.3 Å². The molecule has 354 valence electrons. The molecule has 5 atom stereocenters. The van der Waals surface area contributed by atoms with Crippen molar-refractivity contribution in [2.75, 3.05) is 0 Å². The number of hydrogen-bond acceptors (Lipinski definition) is 0. The average molecular weight is 1020 g/mol. The van der Waals surface area contributed by atoms with Gasteiger partial charge in [-0.1, -0.05) is 310 Å². The highest BCUT2D eigenvalue weighted by atomic mass is 31.1. The van der Waals surface area contributed by atoms with Crippen molar-refractivity contribution in [3.8, 4) is 0 Å². The molecule has 0 saturated heterocycles. The molecule has 0 aliphatic heterocycles. The molecule has 0 aliphatic carbocycles. The molecule has 0 heterocycles. The average Bonchev–Trinajstić information content (AvgIpc) is 3.47. The fourth-order valence-electron chi connectivity index (χ4n) is 11.7. The van der Waals surface area contributed by atoms with Crippen LogP contribution in [0, 0.1) is 5.41 Å². The molecule has 0 saturated carbocycles.